The van der Waals surface area contributed by atoms with E-state index in [0.717, 1.165) is 11.8 Å². The molecule has 2 aliphatic rings. The molecule has 0 bridgehead atoms. The highest BCUT2D eigenvalue weighted by molar-refractivity contribution is 8.00. The van der Waals surface area contributed by atoms with Crippen molar-refractivity contribution in [1.29, 1.82) is 0 Å². The number of carboxylic acids is 2. The molecule has 2 saturated heterocycles. The molecule has 16 nitrogen and oxygen atoms in total. The van der Waals surface area contributed by atoms with Crippen LogP contribution in [-0.2, 0) is 38.1 Å². The average Bonchev–Trinajstić information content (AvgIpc) is 3.50. The number of carbonyl (C=O) groups is 4. The van der Waals surface area contributed by atoms with Crippen molar-refractivity contribution in [2.45, 2.75) is 86.0 Å². The van der Waals surface area contributed by atoms with Gasteiger partial charge in [-0.25, -0.2) is 9.07 Å². The van der Waals surface area contributed by atoms with Crippen LogP contribution in [0.1, 0.15) is 44.6 Å². The summed E-state index contributed by atoms with van der Waals surface area (Å²) >= 11 is 0.997. The minimum absolute atomic E-state index is 0.0746. The summed E-state index contributed by atoms with van der Waals surface area (Å²) in [4.78, 5) is 45.5. The maximum atomic E-state index is 13.8. The molecule has 18 heteroatoms. The van der Waals surface area contributed by atoms with Gasteiger partial charge in [-0.15, -0.1) is 5.10 Å². The molecule has 0 saturated carbocycles. The van der Waals surface area contributed by atoms with Crippen LogP contribution in [0.4, 0.5) is 4.39 Å². The first-order valence-electron chi connectivity index (χ1n) is 14.3. The lowest BCUT2D eigenvalue weighted by Gasteiger charge is -2.42. The number of rotatable bonds is 14. The van der Waals surface area contributed by atoms with E-state index < -0.39 is 110 Å². The smallest absolute Gasteiger partial charge is 0.306 e. The van der Waals surface area contributed by atoms with Crippen molar-refractivity contribution in [3.05, 3.63) is 36.3 Å². The molecule has 1 aromatic heterocycles. The number of nitrogens with zero attached hydrogens (tertiary/aromatic N) is 3. The van der Waals surface area contributed by atoms with Gasteiger partial charge in [0, 0.05) is 18.4 Å². The van der Waals surface area contributed by atoms with Crippen LogP contribution in [0.5, 0.6) is 0 Å². The Kier molecular flexibility index (Phi) is 12.4. The SMILES string of the molecule is O=C(O)CCC(=O)OCC1OC(S[C@@H]2O[C@H](COC(=O)CCC(=O)O)[C@H](O)CC2O)CC(n2cc(-c3cccc(F)c3)nn2)C1O. The average molecular weight is 672 g/mol. The summed E-state index contributed by atoms with van der Waals surface area (Å²) < 4.78 is 37.2. The Hall–Kier alpha value is -3.68. The van der Waals surface area contributed by atoms with Gasteiger partial charge in [0.05, 0.1) is 50.1 Å². The third-order valence-electron chi connectivity index (χ3n) is 7.23. The fourth-order valence-corrected chi connectivity index (χ4v) is 6.14. The monoisotopic (exact) mass is 671 g/mol. The standard InChI is InChI=1S/C28H34FN3O13S/c29-15-3-1-2-14(8-15)16-11-32(31-30-16)17-9-26(44-21(27(17)41)13-43-25(40)7-5-23(37)38)46-28-19(34)10-18(33)20(45-28)12-42-24(39)6-4-22(35)36/h1-3,8,11,17-21,26-28,33-34,41H,4-7,9-10,12-13H2,(H,35,36)(H,37,38)/t17?,18-,19?,20-,21?,26?,27?,28+/m1/s1. The van der Waals surface area contributed by atoms with Crippen LogP contribution in [0.25, 0.3) is 11.3 Å². The van der Waals surface area contributed by atoms with Crippen molar-refractivity contribution < 1.29 is 68.0 Å². The quantitative estimate of drug-likeness (QED) is 0.172. The van der Waals surface area contributed by atoms with E-state index in [9.17, 15) is 38.9 Å². The maximum Gasteiger partial charge on any atom is 0.306 e. The van der Waals surface area contributed by atoms with Gasteiger partial charge in [-0.05, 0) is 12.1 Å². The lowest BCUT2D eigenvalue weighted by molar-refractivity contribution is -0.173. The number of aliphatic hydroxyl groups is 3. The van der Waals surface area contributed by atoms with E-state index in [1.54, 1.807) is 6.07 Å². The molecule has 0 spiro atoms. The molecular formula is C28H34FN3O13S. The van der Waals surface area contributed by atoms with Gasteiger partial charge >= 0.3 is 23.9 Å². The molecule has 0 amide bonds. The van der Waals surface area contributed by atoms with Gasteiger partial charge in [0.1, 0.15) is 53.9 Å². The molecule has 4 rings (SSSR count). The first kappa shape index (κ1) is 35.2. The molecule has 3 heterocycles. The Labute approximate surface area is 265 Å². The van der Waals surface area contributed by atoms with Gasteiger partial charge in [0.15, 0.2) is 0 Å². The number of carboxylic acid groups (broad SMARTS) is 2. The Morgan fingerprint density at radius 2 is 1.57 bits per heavy atom. The number of aliphatic hydroxyl groups excluding tert-OH is 3. The van der Waals surface area contributed by atoms with E-state index >= 15 is 0 Å². The molecule has 2 aromatic rings. The molecule has 0 aliphatic carbocycles. The van der Waals surface area contributed by atoms with Crippen LogP contribution >= 0.6 is 11.8 Å². The summed E-state index contributed by atoms with van der Waals surface area (Å²) in [6.45, 7) is -0.840. The molecule has 5 unspecified atom stereocenters. The molecule has 2 fully saturated rings. The van der Waals surface area contributed by atoms with Crippen molar-refractivity contribution in [1.82, 2.24) is 15.0 Å². The number of thioether (sulfide) groups is 1. The number of esters is 2. The van der Waals surface area contributed by atoms with Gasteiger partial charge in [-0.2, -0.15) is 0 Å². The van der Waals surface area contributed by atoms with E-state index in [0.29, 0.717) is 11.3 Å². The summed E-state index contributed by atoms with van der Waals surface area (Å²) in [6, 6.07) is 4.86. The summed E-state index contributed by atoms with van der Waals surface area (Å²) in [6.07, 6.45) is -6.08. The van der Waals surface area contributed by atoms with Crippen molar-refractivity contribution >= 4 is 35.6 Å². The highest BCUT2D eigenvalue weighted by Crippen LogP contribution is 2.40. The van der Waals surface area contributed by atoms with Crippen LogP contribution < -0.4 is 0 Å². The second-order valence-corrected chi connectivity index (χ2v) is 12.0. The minimum Gasteiger partial charge on any atom is -0.481 e. The topological polar surface area (TPSA) is 237 Å². The minimum atomic E-state index is -1.30. The largest absolute Gasteiger partial charge is 0.481 e. The van der Waals surface area contributed by atoms with Gasteiger partial charge in [0.25, 0.3) is 0 Å². The molecule has 46 heavy (non-hydrogen) atoms. The van der Waals surface area contributed by atoms with E-state index in [1.165, 1.54) is 29.1 Å². The van der Waals surface area contributed by atoms with Gasteiger partial charge in [-0.3, -0.25) is 19.2 Å². The van der Waals surface area contributed by atoms with Crippen LogP contribution in [0, 0.1) is 5.82 Å². The zero-order valence-electron chi connectivity index (χ0n) is 24.3. The zero-order chi connectivity index (χ0) is 33.4. The fourth-order valence-electron chi connectivity index (χ4n) is 4.82. The Morgan fingerprint density at radius 3 is 2.20 bits per heavy atom. The fraction of sp³-hybridized carbons (Fsp3) is 0.571. The van der Waals surface area contributed by atoms with Crippen molar-refractivity contribution in [2.75, 3.05) is 13.2 Å². The van der Waals surface area contributed by atoms with Gasteiger partial charge < -0.3 is 44.5 Å². The number of carbonyl (C=O) groups excluding carboxylic acids is 2. The molecule has 5 N–H and O–H groups in total. The molecule has 0 radical (unpaired) electrons. The summed E-state index contributed by atoms with van der Waals surface area (Å²) in [7, 11) is 0. The van der Waals surface area contributed by atoms with Crippen LogP contribution in [-0.4, -0.2) is 119 Å². The number of hydrogen-bond donors (Lipinski definition) is 5. The molecule has 8 atom stereocenters. The van der Waals surface area contributed by atoms with Crippen LogP contribution in [0.2, 0.25) is 0 Å². The molecule has 1 aromatic carbocycles. The summed E-state index contributed by atoms with van der Waals surface area (Å²) in [5.74, 6) is -4.46. The number of hydrogen-bond acceptors (Lipinski definition) is 14. The van der Waals surface area contributed by atoms with Crippen LogP contribution in [0.15, 0.2) is 30.5 Å². The number of benzene rings is 1. The predicted octanol–water partition coefficient (Wildman–Crippen LogP) is 0.487. The second kappa shape index (κ2) is 16.2. The Bertz CT molecular complexity index is 1380. The first-order valence-corrected chi connectivity index (χ1v) is 15.3. The van der Waals surface area contributed by atoms with Crippen molar-refractivity contribution in [3.8, 4) is 11.3 Å². The zero-order valence-corrected chi connectivity index (χ0v) is 25.1. The lowest BCUT2D eigenvalue weighted by atomic mass is 10.00. The Morgan fingerprint density at radius 1 is 0.913 bits per heavy atom. The highest BCUT2D eigenvalue weighted by atomic mass is 32.2. The van der Waals surface area contributed by atoms with E-state index in [2.05, 4.69) is 10.3 Å². The van der Waals surface area contributed by atoms with Crippen molar-refractivity contribution in [2.24, 2.45) is 0 Å². The highest BCUT2D eigenvalue weighted by Gasteiger charge is 2.44. The summed E-state index contributed by atoms with van der Waals surface area (Å²) in [5, 5.41) is 58.1. The van der Waals surface area contributed by atoms with E-state index in [-0.39, 0.29) is 19.3 Å². The van der Waals surface area contributed by atoms with E-state index in [1.807, 2.05) is 0 Å². The third kappa shape index (κ3) is 9.91. The lowest BCUT2D eigenvalue weighted by Crippen LogP contribution is -2.51. The molecule has 252 valence electrons. The van der Waals surface area contributed by atoms with Gasteiger partial charge in [0.2, 0.25) is 0 Å². The molecule has 2 aliphatic heterocycles. The maximum absolute atomic E-state index is 13.8. The van der Waals surface area contributed by atoms with Gasteiger partial charge in [-0.1, -0.05) is 29.1 Å². The Balaban J connectivity index is 1.47. The predicted molar refractivity (Wildman–Crippen MR) is 152 cm³/mol. The number of halogens is 1. The third-order valence-corrected chi connectivity index (χ3v) is 8.53. The molecular weight excluding hydrogens is 637 g/mol. The number of ether oxygens (including phenoxy) is 4. The van der Waals surface area contributed by atoms with E-state index in [4.69, 9.17) is 29.2 Å². The second-order valence-electron chi connectivity index (χ2n) is 10.7. The normalized spacial score (nSPS) is 27.9. The number of aromatic nitrogens is 3. The van der Waals surface area contributed by atoms with Crippen molar-refractivity contribution in [3.63, 3.8) is 0 Å². The summed E-state index contributed by atoms with van der Waals surface area (Å²) in [5.41, 5.74) is -1.08. The first-order chi connectivity index (χ1) is 21.9. The van der Waals surface area contributed by atoms with Crippen LogP contribution in [0.3, 0.4) is 0 Å². The number of aliphatic carboxylic acids is 2.